The molecule has 2 atom stereocenters. The average molecular weight is 268 g/mol. The lowest BCUT2D eigenvalue weighted by Crippen LogP contribution is -2.46. The van der Waals surface area contributed by atoms with Crippen LogP contribution in [-0.2, 0) is 14.3 Å². The molecule has 3 fully saturated rings. The first-order valence-electron chi connectivity index (χ1n) is 7.31. The lowest BCUT2D eigenvalue weighted by Gasteiger charge is -2.27. The summed E-state index contributed by atoms with van der Waals surface area (Å²) in [5.41, 5.74) is 0.00752. The van der Waals surface area contributed by atoms with Gasteiger partial charge in [-0.2, -0.15) is 0 Å². The van der Waals surface area contributed by atoms with Crippen LogP contribution in [0, 0.1) is 11.3 Å². The van der Waals surface area contributed by atoms with Crippen LogP contribution in [-0.4, -0.2) is 51.5 Å². The summed E-state index contributed by atoms with van der Waals surface area (Å²) < 4.78 is 10.9. The molecule has 2 N–H and O–H groups in total. The second-order valence-electron chi connectivity index (χ2n) is 6.28. The molecule has 2 unspecified atom stereocenters. The van der Waals surface area contributed by atoms with Gasteiger partial charge in [-0.25, -0.2) is 0 Å². The van der Waals surface area contributed by atoms with E-state index in [0.717, 1.165) is 45.4 Å². The maximum atomic E-state index is 12.3. The number of hydrogen-bond donors (Lipinski definition) is 2. The summed E-state index contributed by atoms with van der Waals surface area (Å²) in [7, 11) is 1.70. The Kier molecular flexibility index (Phi) is 3.53. The second-order valence-corrected chi connectivity index (χ2v) is 6.28. The zero-order valence-corrected chi connectivity index (χ0v) is 11.7. The number of methoxy groups -OCH3 is 1. The van der Waals surface area contributed by atoms with E-state index >= 15 is 0 Å². The summed E-state index contributed by atoms with van der Waals surface area (Å²) >= 11 is 0. The molecule has 5 heteroatoms. The minimum atomic E-state index is -0.300. The van der Waals surface area contributed by atoms with Crippen molar-refractivity contribution in [2.24, 2.45) is 11.3 Å². The van der Waals surface area contributed by atoms with Crippen LogP contribution in [0.2, 0.25) is 0 Å². The van der Waals surface area contributed by atoms with Crippen LogP contribution < -0.4 is 10.6 Å². The molecule has 0 aromatic rings. The van der Waals surface area contributed by atoms with Crippen LogP contribution in [0.4, 0.5) is 0 Å². The number of rotatable bonds is 4. The van der Waals surface area contributed by atoms with Crippen LogP contribution in [0.1, 0.15) is 25.7 Å². The summed E-state index contributed by atoms with van der Waals surface area (Å²) in [4.78, 5) is 12.3. The fourth-order valence-corrected chi connectivity index (χ4v) is 3.53. The third kappa shape index (κ3) is 2.51. The molecule has 1 aliphatic carbocycles. The standard InChI is InChI=1S/C14H24N2O3/c1-18-14(4-7-19-10-14)9-16-12(17)11-8-13(11)2-5-15-6-3-13/h11,15H,2-10H2,1H3,(H,16,17). The fraction of sp³-hybridized carbons (Fsp3) is 0.929. The molecule has 0 bridgehead atoms. The first-order chi connectivity index (χ1) is 9.20. The minimum Gasteiger partial charge on any atom is -0.378 e. The van der Waals surface area contributed by atoms with Gasteiger partial charge in [-0.05, 0) is 37.8 Å². The molecule has 2 aliphatic heterocycles. The first kappa shape index (κ1) is 13.3. The van der Waals surface area contributed by atoms with Crippen molar-refractivity contribution in [2.75, 3.05) is 40.0 Å². The maximum Gasteiger partial charge on any atom is 0.223 e. The third-order valence-corrected chi connectivity index (χ3v) is 5.19. The molecule has 2 saturated heterocycles. The van der Waals surface area contributed by atoms with Gasteiger partial charge < -0.3 is 20.1 Å². The predicted octanol–water partition coefficient (Wildman–Crippen LogP) is 0.298. The first-order valence-corrected chi connectivity index (χ1v) is 7.31. The molecule has 19 heavy (non-hydrogen) atoms. The minimum absolute atomic E-state index is 0.213. The number of carbonyl (C=O) groups excluding carboxylic acids is 1. The summed E-state index contributed by atoms with van der Waals surface area (Å²) in [6, 6.07) is 0. The molecule has 0 aromatic carbocycles. The smallest absolute Gasteiger partial charge is 0.223 e. The molecule has 1 saturated carbocycles. The molecule has 1 amide bonds. The van der Waals surface area contributed by atoms with Crippen molar-refractivity contribution in [3.63, 3.8) is 0 Å². The fourth-order valence-electron chi connectivity index (χ4n) is 3.53. The van der Waals surface area contributed by atoms with E-state index in [4.69, 9.17) is 9.47 Å². The van der Waals surface area contributed by atoms with Crippen molar-refractivity contribution in [1.82, 2.24) is 10.6 Å². The number of piperidine rings is 1. The Bertz CT molecular complexity index is 347. The highest BCUT2D eigenvalue weighted by molar-refractivity contribution is 5.82. The molecule has 0 radical (unpaired) electrons. The Morgan fingerprint density at radius 1 is 1.42 bits per heavy atom. The van der Waals surface area contributed by atoms with Gasteiger partial charge in [-0.3, -0.25) is 4.79 Å². The van der Waals surface area contributed by atoms with E-state index in [9.17, 15) is 4.79 Å². The van der Waals surface area contributed by atoms with Gasteiger partial charge in [0.15, 0.2) is 0 Å². The highest BCUT2D eigenvalue weighted by Gasteiger charge is 2.57. The van der Waals surface area contributed by atoms with Gasteiger partial charge in [0.25, 0.3) is 0 Å². The van der Waals surface area contributed by atoms with Gasteiger partial charge in [0.2, 0.25) is 5.91 Å². The van der Waals surface area contributed by atoms with E-state index in [1.807, 2.05) is 0 Å². The molecule has 3 aliphatic rings. The second kappa shape index (κ2) is 5.04. The van der Waals surface area contributed by atoms with Crippen molar-refractivity contribution in [3.8, 4) is 0 Å². The van der Waals surface area contributed by atoms with Crippen molar-refractivity contribution in [2.45, 2.75) is 31.3 Å². The topological polar surface area (TPSA) is 59.6 Å². The number of amides is 1. The Morgan fingerprint density at radius 3 is 2.84 bits per heavy atom. The van der Waals surface area contributed by atoms with Crippen molar-refractivity contribution in [1.29, 1.82) is 0 Å². The summed E-state index contributed by atoms with van der Waals surface area (Å²) in [6.07, 6.45) is 4.22. The molecule has 1 spiro atoms. The number of carbonyl (C=O) groups is 1. The van der Waals surface area contributed by atoms with E-state index in [1.165, 1.54) is 0 Å². The van der Waals surface area contributed by atoms with E-state index in [1.54, 1.807) is 7.11 Å². The summed E-state index contributed by atoms with van der Waals surface area (Å²) in [5.74, 6) is 0.441. The number of nitrogens with one attached hydrogen (secondary N) is 2. The third-order valence-electron chi connectivity index (χ3n) is 5.19. The predicted molar refractivity (Wildman–Crippen MR) is 70.8 cm³/mol. The Labute approximate surface area is 114 Å². The van der Waals surface area contributed by atoms with Gasteiger partial charge in [0.1, 0.15) is 5.60 Å². The van der Waals surface area contributed by atoms with E-state index < -0.39 is 0 Å². The Morgan fingerprint density at radius 2 is 2.21 bits per heavy atom. The lowest BCUT2D eigenvalue weighted by atomic mass is 9.91. The van der Waals surface area contributed by atoms with Gasteiger partial charge in [-0.15, -0.1) is 0 Å². The Balaban J connectivity index is 1.50. The number of ether oxygens (including phenoxy) is 2. The quantitative estimate of drug-likeness (QED) is 0.770. The zero-order chi connectivity index (χ0) is 13.3. The van der Waals surface area contributed by atoms with Crippen LogP contribution >= 0.6 is 0 Å². The molecule has 3 rings (SSSR count). The van der Waals surface area contributed by atoms with Gasteiger partial charge in [0.05, 0.1) is 6.61 Å². The average Bonchev–Trinajstić information content (AvgIpc) is 2.93. The molecular formula is C14H24N2O3. The highest BCUT2D eigenvalue weighted by atomic mass is 16.5. The van der Waals surface area contributed by atoms with Crippen LogP contribution in [0.15, 0.2) is 0 Å². The molecule has 5 nitrogen and oxygen atoms in total. The van der Waals surface area contributed by atoms with Crippen molar-refractivity contribution >= 4 is 5.91 Å². The summed E-state index contributed by atoms with van der Waals surface area (Å²) in [5, 5.41) is 6.45. The summed E-state index contributed by atoms with van der Waals surface area (Å²) in [6.45, 7) is 4.00. The zero-order valence-electron chi connectivity index (χ0n) is 11.7. The Hall–Kier alpha value is -0.650. The van der Waals surface area contributed by atoms with Gasteiger partial charge >= 0.3 is 0 Å². The van der Waals surface area contributed by atoms with Crippen molar-refractivity contribution in [3.05, 3.63) is 0 Å². The van der Waals surface area contributed by atoms with Gasteiger partial charge in [0, 0.05) is 32.6 Å². The van der Waals surface area contributed by atoms with Crippen LogP contribution in [0.5, 0.6) is 0 Å². The normalized spacial score (nSPS) is 36.4. The number of hydrogen-bond acceptors (Lipinski definition) is 4. The van der Waals surface area contributed by atoms with E-state index in [0.29, 0.717) is 18.6 Å². The maximum absolute atomic E-state index is 12.3. The molecular weight excluding hydrogens is 244 g/mol. The van der Waals surface area contributed by atoms with Crippen LogP contribution in [0.3, 0.4) is 0 Å². The van der Waals surface area contributed by atoms with E-state index in [2.05, 4.69) is 10.6 Å². The highest BCUT2D eigenvalue weighted by Crippen LogP contribution is 2.58. The lowest BCUT2D eigenvalue weighted by molar-refractivity contribution is -0.125. The molecule has 0 aromatic heterocycles. The molecule has 2 heterocycles. The molecule has 108 valence electrons. The largest absolute Gasteiger partial charge is 0.378 e. The van der Waals surface area contributed by atoms with E-state index in [-0.39, 0.29) is 17.4 Å². The van der Waals surface area contributed by atoms with Crippen molar-refractivity contribution < 1.29 is 14.3 Å². The van der Waals surface area contributed by atoms with Gasteiger partial charge in [-0.1, -0.05) is 0 Å². The monoisotopic (exact) mass is 268 g/mol. The SMILES string of the molecule is COC1(CNC(=O)C2CC23CCNCC3)CCOC1. The van der Waals surface area contributed by atoms with Crippen LogP contribution in [0.25, 0.3) is 0 Å².